The fourth-order valence-corrected chi connectivity index (χ4v) is 5.46. The normalized spacial score (nSPS) is 13.8. The lowest BCUT2D eigenvalue weighted by Crippen LogP contribution is -2.10. The number of rotatable bonds is 6. The minimum Gasteiger partial charge on any atom is -0.306 e. The molecule has 5 heteroatoms. The Morgan fingerprint density at radius 2 is 1.56 bits per heavy atom. The first kappa shape index (κ1) is 30.1. The van der Waals surface area contributed by atoms with Gasteiger partial charge in [0.05, 0.1) is 4.90 Å². The zero-order valence-corrected chi connectivity index (χ0v) is 24.7. The van der Waals surface area contributed by atoms with Crippen molar-refractivity contribution in [2.24, 2.45) is 0 Å². The molecule has 1 unspecified atom stereocenters. The molecule has 3 nitrogen and oxygen atoms in total. The van der Waals surface area contributed by atoms with Crippen LogP contribution in [-0.2, 0) is 23.8 Å². The second kappa shape index (κ2) is 15.2. The molecule has 3 aromatic rings. The molecule has 1 saturated heterocycles. The molecule has 0 bridgehead atoms. The summed E-state index contributed by atoms with van der Waals surface area (Å²) in [5.41, 5.74) is 7.61. The maximum absolute atomic E-state index is 13.3. The fourth-order valence-electron chi connectivity index (χ4n) is 4.26. The van der Waals surface area contributed by atoms with Gasteiger partial charge in [0.25, 0.3) is 0 Å². The molecule has 1 aliphatic heterocycles. The minimum absolute atomic E-state index is 0.706. The molecule has 0 spiro atoms. The van der Waals surface area contributed by atoms with E-state index < -0.39 is 11.0 Å². The van der Waals surface area contributed by atoms with Gasteiger partial charge in [0, 0.05) is 10.7 Å². The summed E-state index contributed by atoms with van der Waals surface area (Å²) in [6.07, 6.45) is 4.70. The molecule has 196 valence electrons. The van der Waals surface area contributed by atoms with Crippen molar-refractivity contribution >= 4 is 28.3 Å². The highest BCUT2D eigenvalue weighted by Crippen LogP contribution is 2.32. The van der Waals surface area contributed by atoms with Gasteiger partial charge in [0.1, 0.15) is 0 Å². The van der Waals surface area contributed by atoms with Crippen molar-refractivity contribution in [1.82, 2.24) is 4.90 Å². The number of nitrogens with zero attached hydrogens (tertiary/aromatic N) is 1. The molecule has 1 N–H and O–H groups in total. The number of hydrogen-bond acceptors (Lipinski definition) is 2. The molecule has 0 saturated carbocycles. The third-order valence-electron chi connectivity index (χ3n) is 6.29. The maximum atomic E-state index is 13.3. The predicted octanol–water partition coefficient (Wildman–Crippen LogP) is 8.62. The van der Waals surface area contributed by atoms with E-state index in [1.165, 1.54) is 42.6 Å². The zero-order chi connectivity index (χ0) is 26.7. The lowest BCUT2D eigenvalue weighted by Gasteiger charge is -2.16. The summed E-state index contributed by atoms with van der Waals surface area (Å²) in [5, 5.41) is 0.706. The van der Waals surface area contributed by atoms with E-state index >= 15 is 0 Å². The quantitative estimate of drug-likeness (QED) is 0.348. The molecular weight excluding hydrogens is 484 g/mol. The van der Waals surface area contributed by atoms with Crippen LogP contribution < -0.4 is 4.72 Å². The van der Waals surface area contributed by atoms with Crippen LogP contribution in [0.25, 0.3) is 11.1 Å². The zero-order valence-electron chi connectivity index (χ0n) is 23.1. The molecule has 0 amide bonds. The Bertz CT molecular complexity index is 1140. The topological polar surface area (TPSA) is 32.3 Å². The lowest BCUT2D eigenvalue weighted by molar-refractivity contribution is 0.418. The Morgan fingerprint density at radius 1 is 0.917 bits per heavy atom. The molecule has 1 aliphatic rings. The van der Waals surface area contributed by atoms with E-state index in [9.17, 15) is 4.21 Å². The molecule has 36 heavy (non-hydrogen) atoms. The van der Waals surface area contributed by atoms with Gasteiger partial charge in [0.2, 0.25) is 0 Å². The van der Waals surface area contributed by atoms with Crippen molar-refractivity contribution in [2.45, 2.75) is 72.1 Å². The number of nitrogens with one attached hydrogen (secondary N) is 1. The average Bonchev–Trinajstić information content (AvgIpc) is 3.37. The number of aryl methyl sites for hydroxylation is 4. The standard InChI is InChI=1S/C24H26ClNOS.C5H11N.C2H6/c1-5-18-14-22(20-9-7-8-16(3)12-20)24(15-19(18)6-2)28(27)26-21-10-11-23(25)17(4)13-21;1-6-4-2-3-5-6;1-2/h7-15,26H,5-6H2,1-4H3;2-5H2,1H3;1-2H3. The largest absolute Gasteiger partial charge is 0.306 e. The summed E-state index contributed by atoms with van der Waals surface area (Å²) in [4.78, 5) is 3.17. The minimum atomic E-state index is -1.38. The molecule has 1 atom stereocenters. The van der Waals surface area contributed by atoms with Gasteiger partial charge >= 0.3 is 0 Å². The van der Waals surface area contributed by atoms with Crippen molar-refractivity contribution in [2.75, 3.05) is 24.9 Å². The van der Waals surface area contributed by atoms with Crippen molar-refractivity contribution in [3.05, 3.63) is 81.9 Å². The first-order valence-electron chi connectivity index (χ1n) is 13.2. The summed E-state index contributed by atoms with van der Waals surface area (Å²) in [5.74, 6) is 0. The Morgan fingerprint density at radius 3 is 2.08 bits per heavy atom. The predicted molar refractivity (Wildman–Crippen MR) is 160 cm³/mol. The van der Waals surface area contributed by atoms with Crippen LogP contribution in [0.1, 0.15) is 62.8 Å². The second-order valence-corrected chi connectivity index (χ2v) is 10.6. The van der Waals surface area contributed by atoms with Crippen LogP contribution in [0, 0.1) is 13.8 Å². The van der Waals surface area contributed by atoms with Crippen LogP contribution in [0.15, 0.2) is 59.5 Å². The monoisotopic (exact) mass is 526 g/mol. The van der Waals surface area contributed by atoms with Gasteiger partial charge in [-0.1, -0.05) is 69.1 Å². The maximum Gasteiger partial charge on any atom is 0.150 e. The van der Waals surface area contributed by atoms with Gasteiger partial charge in [0.15, 0.2) is 11.0 Å². The van der Waals surface area contributed by atoms with Crippen LogP contribution in [-0.4, -0.2) is 29.2 Å². The van der Waals surface area contributed by atoms with E-state index in [4.69, 9.17) is 11.6 Å². The highest BCUT2D eigenvalue weighted by Gasteiger charge is 2.16. The van der Waals surface area contributed by atoms with Crippen LogP contribution in [0.4, 0.5) is 5.69 Å². The number of anilines is 1. The molecule has 0 aromatic heterocycles. The highest BCUT2D eigenvalue weighted by atomic mass is 35.5. The molecule has 1 heterocycles. The molecule has 0 radical (unpaired) electrons. The van der Waals surface area contributed by atoms with Crippen molar-refractivity contribution in [3.8, 4) is 11.1 Å². The Balaban J connectivity index is 0.000000491. The van der Waals surface area contributed by atoms with E-state index in [1.54, 1.807) is 0 Å². The van der Waals surface area contributed by atoms with Gasteiger partial charge in [-0.2, -0.15) is 0 Å². The first-order valence-corrected chi connectivity index (χ1v) is 14.7. The molecule has 3 aromatic carbocycles. The van der Waals surface area contributed by atoms with E-state index in [1.807, 2.05) is 45.0 Å². The molecule has 1 fully saturated rings. The van der Waals surface area contributed by atoms with Crippen LogP contribution in [0.3, 0.4) is 0 Å². The Hall–Kier alpha value is -2.14. The van der Waals surface area contributed by atoms with E-state index in [2.05, 4.69) is 67.8 Å². The summed E-state index contributed by atoms with van der Waals surface area (Å²) in [6, 6.07) is 18.3. The van der Waals surface area contributed by atoms with Gasteiger partial charge < -0.3 is 9.62 Å². The fraction of sp³-hybridized carbons (Fsp3) is 0.419. The van der Waals surface area contributed by atoms with Crippen LogP contribution >= 0.6 is 11.6 Å². The summed E-state index contributed by atoms with van der Waals surface area (Å²) in [7, 11) is 0.790. The SMILES string of the molecule is CC.CCc1cc(-c2cccc(C)c2)c(S(=O)Nc2ccc(Cl)c(C)c2)cc1CC.CN1CCCC1. The first-order chi connectivity index (χ1) is 17.3. The summed E-state index contributed by atoms with van der Waals surface area (Å²) >= 11 is 6.12. The summed E-state index contributed by atoms with van der Waals surface area (Å²) < 4.78 is 16.5. The van der Waals surface area contributed by atoms with Gasteiger partial charge in [-0.3, -0.25) is 0 Å². The smallest absolute Gasteiger partial charge is 0.150 e. The van der Waals surface area contributed by atoms with E-state index in [0.29, 0.717) is 5.02 Å². The van der Waals surface area contributed by atoms with Gasteiger partial charge in [-0.15, -0.1) is 0 Å². The second-order valence-electron chi connectivity index (χ2n) is 9.04. The molecule has 4 rings (SSSR count). The van der Waals surface area contributed by atoms with Crippen molar-refractivity contribution < 1.29 is 4.21 Å². The number of likely N-dealkylation sites (tertiary alicyclic amines) is 1. The van der Waals surface area contributed by atoms with Crippen molar-refractivity contribution in [3.63, 3.8) is 0 Å². The van der Waals surface area contributed by atoms with Crippen molar-refractivity contribution in [1.29, 1.82) is 0 Å². The Kier molecular flexibility index (Phi) is 12.7. The summed E-state index contributed by atoms with van der Waals surface area (Å²) in [6.45, 7) is 15.0. The Labute approximate surface area is 226 Å². The van der Waals surface area contributed by atoms with Crippen LogP contribution in [0.5, 0.6) is 0 Å². The third kappa shape index (κ3) is 8.47. The number of benzene rings is 3. The number of halogens is 1. The van der Waals surface area contributed by atoms with Gasteiger partial charge in [-0.05, 0) is 118 Å². The lowest BCUT2D eigenvalue weighted by atomic mass is 9.96. The van der Waals surface area contributed by atoms with E-state index in [-0.39, 0.29) is 0 Å². The third-order valence-corrected chi connectivity index (χ3v) is 7.87. The van der Waals surface area contributed by atoms with E-state index in [0.717, 1.165) is 40.1 Å². The molecular formula is C31H43ClN2OS. The average molecular weight is 527 g/mol. The number of hydrogen-bond donors (Lipinski definition) is 1. The van der Waals surface area contributed by atoms with Crippen LogP contribution in [0.2, 0.25) is 5.02 Å². The molecule has 0 aliphatic carbocycles. The highest BCUT2D eigenvalue weighted by molar-refractivity contribution is 7.86. The van der Waals surface area contributed by atoms with Gasteiger partial charge in [-0.25, -0.2) is 4.21 Å².